The fraction of sp³-hybridized carbons (Fsp3) is 0.667. The molecule has 0 radical (unpaired) electrons. The van der Waals surface area contributed by atoms with Gasteiger partial charge in [-0.1, -0.05) is 18.5 Å². The van der Waals surface area contributed by atoms with Gasteiger partial charge in [-0.05, 0) is 37.5 Å². The summed E-state index contributed by atoms with van der Waals surface area (Å²) in [6, 6.07) is 3.46. The average Bonchev–Trinajstić information content (AvgIpc) is 2.73. The summed E-state index contributed by atoms with van der Waals surface area (Å²) in [7, 11) is -3.32. The number of benzene rings is 1. The van der Waals surface area contributed by atoms with Crippen molar-refractivity contribution >= 4 is 27.5 Å². The Labute approximate surface area is 192 Å². The molecule has 1 saturated heterocycles. The Morgan fingerprint density at radius 1 is 1.12 bits per heavy atom. The molecule has 11 heteroatoms. The van der Waals surface area contributed by atoms with E-state index < -0.39 is 33.2 Å². The molecule has 3 rings (SSSR count). The Bertz CT molecular complexity index is 927. The minimum absolute atomic E-state index is 0.0264. The summed E-state index contributed by atoms with van der Waals surface area (Å²) in [4.78, 5) is 14.7. The second-order valence-electron chi connectivity index (χ2n) is 8.59. The van der Waals surface area contributed by atoms with Gasteiger partial charge in [0.25, 0.3) is 5.91 Å². The first-order valence-electron chi connectivity index (χ1n) is 10.8. The summed E-state index contributed by atoms with van der Waals surface area (Å²) in [5, 5.41) is 2.77. The van der Waals surface area contributed by atoms with E-state index in [1.807, 2.05) is 4.90 Å². The van der Waals surface area contributed by atoms with Crippen LogP contribution < -0.4 is 5.32 Å². The fourth-order valence-corrected chi connectivity index (χ4v) is 6.27. The highest BCUT2D eigenvalue weighted by Gasteiger charge is 2.47. The maximum absolute atomic E-state index is 13.9. The molecule has 32 heavy (non-hydrogen) atoms. The van der Waals surface area contributed by atoms with Crippen molar-refractivity contribution in [3.05, 3.63) is 34.6 Å². The van der Waals surface area contributed by atoms with Gasteiger partial charge in [0.05, 0.1) is 16.3 Å². The molecule has 1 aliphatic heterocycles. The highest BCUT2D eigenvalue weighted by atomic mass is 35.5. The molecule has 1 heterocycles. The number of rotatable bonds is 7. The Kier molecular flexibility index (Phi) is 7.79. The number of carbonyl (C=O) groups excluding carboxylic acids is 1. The molecule has 180 valence electrons. The number of alkyl halides is 2. The van der Waals surface area contributed by atoms with Gasteiger partial charge in [0.2, 0.25) is 15.9 Å². The molecule has 0 aromatic heterocycles. The third kappa shape index (κ3) is 5.76. The normalized spacial score (nSPS) is 21.9. The third-order valence-electron chi connectivity index (χ3n) is 6.43. The number of nitrogens with zero attached hydrogens (tertiary/aromatic N) is 2. The quantitative estimate of drug-likeness (QED) is 0.628. The van der Waals surface area contributed by atoms with Crippen molar-refractivity contribution in [2.75, 3.05) is 38.5 Å². The molecule has 0 spiro atoms. The van der Waals surface area contributed by atoms with Crippen LogP contribution in [0, 0.1) is 5.82 Å². The van der Waals surface area contributed by atoms with Crippen molar-refractivity contribution in [3.63, 3.8) is 0 Å². The van der Waals surface area contributed by atoms with Gasteiger partial charge in [0, 0.05) is 51.1 Å². The maximum atomic E-state index is 13.9. The molecule has 1 N–H and O–H groups in total. The van der Waals surface area contributed by atoms with Crippen molar-refractivity contribution < 1.29 is 26.4 Å². The van der Waals surface area contributed by atoms with Gasteiger partial charge in [0.15, 0.2) is 0 Å². The molecule has 1 amide bonds. The Morgan fingerprint density at radius 2 is 1.75 bits per heavy atom. The van der Waals surface area contributed by atoms with Crippen LogP contribution in [0.1, 0.15) is 49.4 Å². The van der Waals surface area contributed by atoms with E-state index in [0.29, 0.717) is 19.5 Å². The lowest BCUT2D eigenvalue weighted by Gasteiger charge is -2.50. The van der Waals surface area contributed by atoms with E-state index in [9.17, 15) is 26.4 Å². The van der Waals surface area contributed by atoms with Gasteiger partial charge in [-0.15, -0.1) is 0 Å². The van der Waals surface area contributed by atoms with Crippen LogP contribution in [0.5, 0.6) is 0 Å². The number of hydrogen-bond donors (Lipinski definition) is 1. The van der Waals surface area contributed by atoms with Gasteiger partial charge in [-0.3, -0.25) is 9.69 Å². The molecule has 1 saturated carbocycles. The van der Waals surface area contributed by atoms with Gasteiger partial charge in [-0.2, -0.15) is 4.31 Å². The van der Waals surface area contributed by atoms with Crippen LogP contribution >= 0.6 is 11.6 Å². The summed E-state index contributed by atoms with van der Waals surface area (Å²) in [5.74, 6) is -3.73. The van der Waals surface area contributed by atoms with E-state index in [-0.39, 0.29) is 61.7 Å². The van der Waals surface area contributed by atoms with E-state index in [4.69, 9.17) is 11.6 Å². The molecular formula is C21H29ClF3N3O3S. The summed E-state index contributed by atoms with van der Waals surface area (Å²) in [5.41, 5.74) is -0.593. The topological polar surface area (TPSA) is 69.7 Å². The van der Waals surface area contributed by atoms with Crippen LogP contribution in [0.25, 0.3) is 0 Å². The number of amides is 1. The second kappa shape index (κ2) is 9.87. The van der Waals surface area contributed by atoms with Gasteiger partial charge < -0.3 is 5.32 Å². The molecule has 2 fully saturated rings. The number of halogens is 4. The number of carbonyl (C=O) groups is 1. The summed E-state index contributed by atoms with van der Waals surface area (Å²) >= 11 is 5.98. The predicted octanol–water partition coefficient (Wildman–Crippen LogP) is 3.51. The smallest absolute Gasteiger partial charge is 0.252 e. The lowest BCUT2D eigenvalue weighted by atomic mass is 9.78. The van der Waals surface area contributed by atoms with Crippen molar-refractivity contribution in [2.45, 2.75) is 50.5 Å². The number of hydrogen-bond acceptors (Lipinski definition) is 4. The number of nitrogens with one attached hydrogen (secondary N) is 1. The highest BCUT2D eigenvalue weighted by Crippen LogP contribution is 2.42. The summed E-state index contributed by atoms with van der Waals surface area (Å²) < 4.78 is 67.3. The molecular weight excluding hydrogens is 467 g/mol. The van der Waals surface area contributed by atoms with Crippen LogP contribution in [0.2, 0.25) is 5.02 Å². The van der Waals surface area contributed by atoms with E-state index >= 15 is 0 Å². The summed E-state index contributed by atoms with van der Waals surface area (Å²) in [6.07, 6.45) is 0.293. The van der Waals surface area contributed by atoms with Gasteiger partial charge in [0.1, 0.15) is 5.82 Å². The third-order valence-corrected chi connectivity index (χ3v) is 8.82. The molecule has 1 aromatic rings. The molecule has 0 bridgehead atoms. The van der Waals surface area contributed by atoms with Gasteiger partial charge >= 0.3 is 0 Å². The molecule has 1 aliphatic carbocycles. The zero-order valence-electron chi connectivity index (χ0n) is 18.0. The zero-order chi connectivity index (χ0) is 23.6. The van der Waals surface area contributed by atoms with Crippen LogP contribution in [0.4, 0.5) is 13.2 Å². The largest absolute Gasteiger partial charge is 0.350 e. The second-order valence-corrected chi connectivity index (χ2v) is 11.1. The van der Waals surface area contributed by atoms with Crippen LogP contribution in [0.15, 0.2) is 18.2 Å². The monoisotopic (exact) mass is 495 g/mol. The van der Waals surface area contributed by atoms with E-state index in [2.05, 4.69) is 5.32 Å². The van der Waals surface area contributed by atoms with Crippen LogP contribution in [-0.2, 0) is 10.0 Å². The zero-order valence-corrected chi connectivity index (χ0v) is 19.6. The number of piperazine rings is 1. The van der Waals surface area contributed by atoms with Gasteiger partial charge in [-0.25, -0.2) is 21.6 Å². The van der Waals surface area contributed by atoms with Crippen molar-refractivity contribution in [1.29, 1.82) is 0 Å². The van der Waals surface area contributed by atoms with Crippen molar-refractivity contribution in [1.82, 2.24) is 14.5 Å². The first-order valence-corrected chi connectivity index (χ1v) is 12.8. The first kappa shape index (κ1) is 25.3. The highest BCUT2D eigenvalue weighted by molar-refractivity contribution is 7.89. The lowest BCUT2D eigenvalue weighted by Crippen LogP contribution is -2.63. The van der Waals surface area contributed by atoms with Crippen molar-refractivity contribution in [3.8, 4) is 0 Å². The molecule has 6 nitrogen and oxygen atoms in total. The Hall–Kier alpha value is -1.36. The van der Waals surface area contributed by atoms with E-state index in [1.165, 1.54) is 10.4 Å². The predicted molar refractivity (Wildman–Crippen MR) is 117 cm³/mol. The Balaban J connectivity index is 1.72. The standard InChI is InChI=1S/C21H29ClF3N3O3S/c1-2-13-32(30,31)28-11-9-27(10-12-28)20(5-7-21(24,25)8-6-20)15-26-19(29)17-4-3-16(23)14-18(17)22/h3-4,14H,2,5-13,15H2,1H3,(H,26,29). The van der Waals surface area contributed by atoms with E-state index in [1.54, 1.807) is 6.92 Å². The minimum Gasteiger partial charge on any atom is -0.350 e. The van der Waals surface area contributed by atoms with Crippen LogP contribution in [0.3, 0.4) is 0 Å². The number of sulfonamides is 1. The summed E-state index contributed by atoms with van der Waals surface area (Å²) in [6.45, 7) is 3.32. The molecule has 0 unspecified atom stereocenters. The lowest BCUT2D eigenvalue weighted by molar-refractivity contribution is -0.0856. The van der Waals surface area contributed by atoms with Crippen molar-refractivity contribution in [2.24, 2.45) is 0 Å². The fourth-order valence-electron chi connectivity index (χ4n) is 4.53. The van der Waals surface area contributed by atoms with Crippen LogP contribution in [-0.4, -0.2) is 73.5 Å². The average molecular weight is 496 g/mol. The minimum atomic E-state index is -3.32. The SMILES string of the molecule is CCCS(=O)(=O)N1CCN(C2(CNC(=O)c3ccc(F)cc3Cl)CCC(F)(F)CC2)CC1. The molecule has 2 aliphatic rings. The maximum Gasteiger partial charge on any atom is 0.252 e. The first-order chi connectivity index (χ1) is 15.0. The molecule has 1 aromatic carbocycles. The van der Waals surface area contributed by atoms with E-state index in [0.717, 1.165) is 12.1 Å². The Morgan fingerprint density at radius 3 is 2.31 bits per heavy atom. The molecule has 0 atom stereocenters.